The third-order valence-corrected chi connectivity index (χ3v) is 3.09. The normalized spacial score (nSPS) is 25.6. The molecule has 2 unspecified atom stereocenters. The van der Waals surface area contributed by atoms with Gasteiger partial charge in [-0.3, -0.25) is 4.90 Å². The molecule has 0 radical (unpaired) electrons. The molecule has 0 aliphatic carbocycles. The lowest BCUT2D eigenvalue weighted by atomic mass is 9.99. The highest BCUT2D eigenvalue weighted by molar-refractivity contribution is 5.01. The summed E-state index contributed by atoms with van der Waals surface area (Å²) in [6.07, 6.45) is 10.6. The molecule has 0 aromatic rings. The fraction of sp³-hybridized carbons (Fsp3) is 0.833. The Balaban J connectivity index is 2.57. The third-order valence-electron chi connectivity index (χ3n) is 3.09. The van der Waals surface area contributed by atoms with Gasteiger partial charge in [0.05, 0.1) is 6.04 Å². The van der Waals surface area contributed by atoms with Crippen molar-refractivity contribution in [1.82, 2.24) is 10.2 Å². The Morgan fingerprint density at radius 2 is 2.36 bits per heavy atom. The monoisotopic (exact) mass is 194 g/mol. The summed E-state index contributed by atoms with van der Waals surface area (Å²) in [7, 11) is 2.02. The summed E-state index contributed by atoms with van der Waals surface area (Å²) in [6.45, 7) is 4.42. The van der Waals surface area contributed by atoms with Crippen molar-refractivity contribution in [2.45, 2.75) is 44.7 Å². The molecular formula is C12H22N2. The molecule has 1 heterocycles. The van der Waals surface area contributed by atoms with E-state index in [1.165, 1.54) is 25.8 Å². The van der Waals surface area contributed by atoms with E-state index in [0.717, 1.165) is 13.0 Å². The molecule has 2 atom stereocenters. The van der Waals surface area contributed by atoms with Crippen LogP contribution in [0.4, 0.5) is 0 Å². The van der Waals surface area contributed by atoms with Gasteiger partial charge in [0.25, 0.3) is 0 Å². The molecule has 2 nitrogen and oxygen atoms in total. The number of nitrogens with zero attached hydrogens (tertiary/aromatic N) is 1. The van der Waals surface area contributed by atoms with Crippen LogP contribution in [-0.4, -0.2) is 37.1 Å². The number of hydrogen-bond acceptors (Lipinski definition) is 2. The van der Waals surface area contributed by atoms with Gasteiger partial charge in [0, 0.05) is 12.6 Å². The Kier molecular flexibility index (Phi) is 5.00. The number of likely N-dealkylation sites (N-methyl/N-ethyl adjacent to an activating group) is 1. The van der Waals surface area contributed by atoms with Crippen LogP contribution in [0.2, 0.25) is 0 Å². The molecule has 1 N–H and O–H groups in total. The zero-order chi connectivity index (χ0) is 10.4. The summed E-state index contributed by atoms with van der Waals surface area (Å²) < 4.78 is 0. The fourth-order valence-electron chi connectivity index (χ4n) is 2.34. The Bertz CT molecular complexity index is 193. The molecule has 1 rings (SSSR count). The lowest BCUT2D eigenvalue weighted by Crippen LogP contribution is -2.49. The van der Waals surface area contributed by atoms with E-state index in [-0.39, 0.29) is 0 Å². The van der Waals surface area contributed by atoms with Crippen LogP contribution in [0, 0.1) is 12.3 Å². The number of likely N-dealkylation sites (tertiary alicyclic amines) is 1. The van der Waals surface area contributed by atoms with E-state index in [0.29, 0.717) is 12.1 Å². The van der Waals surface area contributed by atoms with Gasteiger partial charge in [-0.05, 0) is 32.9 Å². The first-order valence-electron chi connectivity index (χ1n) is 5.70. The van der Waals surface area contributed by atoms with Crippen molar-refractivity contribution in [3.8, 4) is 12.3 Å². The van der Waals surface area contributed by atoms with Crippen molar-refractivity contribution in [3.05, 3.63) is 0 Å². The van der Waals surface area contributed by atoms with E-state index in [4.69, 9.17) is 6.42 Å². The minimum Gasteiger partial charge on any atom is -0.318 e. The zero-order valence-electron chi connectivity index (χ0n) is 9.42. The first-order chi connectivity index (χ1) is 6.83. The fourth-order valence-corrected chi connectivity index (χ4v) is 2.34. The average Bonchev–Trinajstić information content (AvgIpc) is 2.23. The first-order valence-corrected chi connectivity index (χ1v) is 5.70. The number of rotatable bonds is 4. The van der Waals surface area contributed by atoms with Gasteiger partial charge in [-0.1, -0.05) is 19.3 Å². The van der Waals surface area contributed by atoms with Gasteiger partial charge in [-0.25, -0.2) is 0 Å². The van der Waals surface area contributed by atoms with Crippen LogP contribution in [-0.2, 0) is 0 Å². The van der Waals surface area contributed by atoms with Crippen molar-refractivity contribution in [3.63, 3.8) is 0 Å². The molecule has 0 bridgehead atoms. The van der Waals surface area contributed by atoms with Crippen molar-refractivity contribution < 1.29 is 0 Å². The molecule has 0 spiro atoms. The molecule has 0 saturated carbocycles. The molecule has 1 aliphatic heterocycles. The predicted octanol–water partition coefficient (Wildman–Crippen LogP) is 1.47. The van der Waals surface area contributed by atoms with Crippen LogP contribution in [0.3, 0.4) is 0 Å². The summed E-state index contributed by atoms with van der Waals surface area (Å²) in [5, 5.41) is 3.26. The first kappa shape index (κ1) is 11.6. The van der Waals surface area contributed by atoms with Crippen molar-refractivity contribution in [2.75, 3.05) is 20.1 Å². The van der Waals surface area contributed by atoms with Crippen LogP contribution >= 0.6 is 0 Å². The Morgan fingerprint density at radius 3 is 2.93 bits per heavy atom. The van der Waals surface area contributed by atoms with Crippen LogP contribution in [0.15, 0.2) is 0 Å². The van der Waals surface area contributed by atoms with E-state index in [1.54, 1.807) is 0 Å². The van der Waals surface area contributed by atoms with Crippen LogP contribution in [0.5, 0.6) is 0 Å². The van der Waals surface area contributed by atoms with Gasteiger partial charge in [0.2, 0.25) is 0 Å². The molecule has 14 heavy (non-hydrogen) atoms. The van der Waals surface area contributed by atoms with E-state index in [9.17, 15) is 0 Å². The van der Waals surface area contributed by atoms with Crippen molar-refractivity contribution in [1.29, 1.82) is 0 Å². The zero-order valence-corrected chi connectivity index (χ0v) is 9.42. The highest BCUT2D eigenvalue weighted by atomic mass is 15.2. The average molecular weight is 194 g/mol. The number of nitrogens with one attached hydrogen (secondary N) is 1. The predicted molar refractivity (Wildman–Crippen MR) is 61.2 cm³/mol. The second-order valence-electron chi connectivity index (χ2n) is 4.04. The molecule has 0 amide bonds. The number of piperidine rings is 1. The maximum Gasteiger partial charge on any atom is 0.0712 e. The summed E-state index contributed by atoms with van der Waals surface area (Å²) in [4.78, 5) is 2.50. The molecular weight excluding hydrogens is 172 g/mol. The molecule has 0 aromatic heterocycles. The lowest BCUT2D eigenvalue weighted by Gasteiger charge is -2.39. The van der Waals surface area contributed by atoms with Crippen molar-refractivity contribution in [2.24, 2.45) is 0 Å². The molecule has 1 fully saturated rings. The van der Waals surface area contributed by atoms with Crippen LogP contribution in [0.1, 0.15) is 32.6 Å². The Labute approximate surface area is 88.1 Å². The summed E-state index contributed by atoms with van der Waals surface area (Å²) >= 11 is 0. The topological polar surface area (TPSA) is 15.3 Å². The molecule has 80 valence electrons. The second kappa shape index (κ2) is 6.06. The molecule has 2 heteroatoms. The van der Waals surface area contributed by atoms with Gasteiger partial charge in [-0.2, -0.15) is 0 Å². The highest BCUT2D eigenvalue weighted by Gasteiger charge is 2.25. The number of terminal acetylenes is 1. The Morgan fingerprint density at radius 1 is 1.57 bits per heavy atom. The van der Waals surface area contributed by atoms with Crippen LogP contribution in [0.25, 0.3) is 0 Å². The van der Waals surface area contributed by atoms with Gasteiger partial charge >= 0.3 is 0 Å². The van der Waals surface area contributed by atoms with Crippen LogP contribution < -0.4 is 5.32 Å². The lowest BCUT2D eigenvalue weighted by molar-refractivity contribution is 0.118. The highest BCUT2D eigenvalue weighted by Crippen LogP contribution is 2.20. The largest absolute Gasteiger partial charge is 0.318 e. The van der Waals surface area contributed by atoms with Crippen molar-refractivity contribution >= 4 is 0 Å². The SMILES string of the molecule is C#CC(CC)N1CCCCC1CNC. The molecule has 1 aliphatic rings. The van der Waals surface area contributed by atoms with E-state index >= 15 is 0 Å². The maximum atomic E-state index is 5.56. The van der Waals surface area contributed by atoms with Gasteiger partial charge in [0.1, 0.15) is 0 Å². The summed E-state index contributed by atoms with van der Waals surface area (Å²) in [5.41, 5.74) is 0. The molecule has 0 aromatic carbocycles. The maximum absolute atomic E-state index is 5.56. The Hall–Kier alpha value is -0.520. The number of hydrogen-bond donors (Lipinski definition) is 1. The van der Waals surface area contributed by atoms with Gasteiger partial charge in [-0.15, -0.1) is 6.42 Å². The smallest absolute Gasteiger partial charge is 0.0712 e. The minimum atomic E-state index is 0.341. The molecule has 1 saturated heterocycles. The summed E-state index contributed by atoms with van der Waals surface area (Å²) in [5.74, 6) is 2.91. The third kappa shape index (κ3) is 2.73. The van der Waals surface area contributed by atoms with Gasteiger partial charge in [0.15, 0.2) is 0 Å². The van der Waals surface area contributed by atoms with E-state index in [1.807, 2.05) is 7.05 Å². The van der Waals surface area contributed by atoms with E-state index < -0.39 is 0 Å². The van der Waals surface area contributed by atoms with E-state index in [2.05, 4.69) is 23.1 Å². The quantitative estimate of drug-likeness (QED) is 0.682. The minimum absolute atomic E-state index is 0.341. The standard InChI is InChI=1S/C12H22N2/c1-4-11(5-2)14-9-7-6-8-12(14)10-13-3/h1,11-13H,5-10H2,2-3H3. The second-order valence-corrected chi connectivity index (χ2v) is 4.04. The van der Waals surface area contributed by atoms with Gasteiger partial charge < -0.3 is 5.32 Å². The summed E-state index contributed by atoms with van der Waals surface area (Å²) in [6, 6.07) is 0.989.